The number of nitrogens with zero attached hydrogens (tertiary/aromatic N) is 2. The van der Waals surface area contributed by atoms with E-state index in [1.165, 1.54) is 25.7 Å². The predicted molar refractivity (Wildman–Crippen MR) is 78.9 cm³/mol. The summed E-state index contributed by atoms with van der Waals surface area (Å²) in [4.78, 5) is 0.419. The van der Waals surface area contributed by atoms with Crippen molar-refractivity contribution in [2.75, 3.05) is 11.9 Å². The Morgan fingerprint density at radius 3 is 2.67 bits per heavy atom. The van der Waals surface area contributed by atoms with E-state index in [9.17, 15) is 0 Å². The molecule has 5 heteroatoms. The van der Waals surface area contributed by atoms with Gasteiger partial charge in [-0.2, -0.15) is 5.10 Å². The van der Waals surface area contributed by atoms with Crippen LogP contribution < -0.4 is 11.1 Å². The Bertz CT molecular complexity index is 454. The molecule has 1 fully saturated rings. The molecule has 1 aromatic heterocycles. The van der Waals surface area contributed by atoms with E-state index in [2.05, 4.69) is 17.3 Å². The van der Waals surface area contributed by atoms with Gasteiger partial charge in [-0.15, -0.1) is 0 Å². The van der Waals surface area contributed by atoms with E-state index in [1.807, 2.05) is 18.7 Å². The molecule has 1 aliphatic rings. The van der Waals surface area contributed by atoms with Gasteiger partial charge in [0, 0.05) is 13.6 Å². The van der Waals surface area contributed by atoms with E-state index in [-0.39, 0.29) is 0 Å². The van der Waals surface area contributed by atoms with Crippen molar-refractivity contribution in [1.29, 1.82) is 0 Å². The zero-order valence-corrected chi connectivity index (χ0v) is 12.2. The highest BCUT2D eigenvalue weighted by atomic mass is 32.1. The van der Waals surface area contributed by atoms with Crippen LogP contribution in [0, 0.1) is 12.3 Å². The summed E-state index contributed by atoms with van der Waals surface area (Å²) >= 11 is 5.11. The Labute approximate surface area is 114 Å². The number of anilines is 1. The summed E-state index contributed by atoms with van der Waals surface area (Å²) in [6, 6.07) is 0. The molecule has 0 bridgehead atoms. The molecule has 1 saturated carbocycles. The first-order chi connectivity index (χ1) is 8.49. The fourth-order valence-electron chi connectivity index (χ4n) is 2.76. The number of nitrogens with one attached hydrogen (secondary N) is 1. The van der Waals surface area contributed by atoms with E-state index in [4.69, 9.17) is 18.0 Å². The summed E-state index contributed by atoms with van der Waals surface area (Å²) < 4.78 is 1.84. The lowest BCUT2D eigenvalue weighted by Gasteiger charge is -2.41. The molecule has 1 heterocycles. The molecule has 0 aliphatic heterocycles. The van der Waals surface area contributed by atoms with Crippen LogP contribution in [0.15, 0.2) is 0 Å². The molecule has 2 rings (SSSR count). The largest absolute Gasteiger partial charge is 0.389 e. The second-order valence-electron chi connectivity index (χ2n) is 5.36. The van der Waals surface area contributed by atoms with Gasteiger partial charge >= 0.3 is 0 Å². The highest BCUT2D eigenvalue weighted by Gasteiger charge is 2.35. The number of nitrogens with two attached hydrogens (primary N) is 1. The predicted octanol–water partition coefficient (Wildman–Crippen LogP) is 2.35. The Morgan fingerprint density at radius 2 is 2.22 bits per heavy atom. The van der Waals surface area contributed by atoms with E-state index in [1.54, 1.807) is 0 Å². The van der Waals surface area contributed by atoms with Crippen LogP contribution in [0.2, 0.25) is 0 Å². The maximum Gasteiger partial charge on any atom is 0.134 e. The monoisotopic (exact) mass is 266 g/mol. The molecule has 0 spiro atoms. The number of aromatic nitrogens is 2. The fraction of sp³-hybridized carbons (Fsp3) is 0.692. The summed E-state index contributed by atoms with van der Waals surface area (Å²) in [5, 5.41) is 7.90. The minimum Gasteiger partial charge on any atom is -0.389 e. The maximum atomic E-state index is 5.79. The molecule has 100 valence electrons. The van der Waals surface area contributed by atoms with Crippen LogP contribution in [0.4, 0.5) is 5.82 Å². The van der Waals surface area contributed by atoms with Gasteiger partial charge < -0.3 is 11.1 Å². The van der Waals surface area contributed by atoms with Crippen LogP contribution in [0.25, 0.3) is 0 Å². The molecule has 1 aliphatic carbocycles. The first-order valence-electron chi connectivity index (χ1n) is 6.56. The third kappa shape index (κ3) is 2.23. The number of thiocarbonyl (C=S) groups is 1. The van der Waals surface area contributed by atoms with Gasteiger partial charge in [-0.1, -0.05) is 25.6 Å². The normalized spacial score (nSPS) is 17.3. The first kappa shape index (κ1) is 13.3. The molecule has 0 saturated heterocycles. The SMILES string of the molecule is CCC1(CNc2c(C(N)=S)c(C)nn2C)CCC1. The van der Waals surface area contributed by atoms with Gasteiger partial charge in [0.05, 0.1) is 11.3 Å². The lowest BCUT2D eigenvalue weighted by molar-refractivity contribution is 0.144. The van der Waals surface area contributed by atoms with E-state index >= 15 is 0 Å². The second-order valence-corrected chi connectivity index (χ2v) is 5.80. The van der Waals surface area contributed by atoms with Gasteiger partial charge in [-0.05, 0) is 31.6 Å². The van der Waals surface area contributed by atoms with Gasteiger partial charge in [-0.25, -0.2) is 0 Å². The first-order valence-corrected chi connectivity index (χ1v) is 6.97. The Morgan fingerprint density at radius 1 is 1.56 bits per heavy atom. The molecule has 0 atom stereocenters. The van der Waals surface area contributed by atoms with Crippen molar-refractivity contribution in [3.63, 3.8) is 0 Å². The summed E-state index contributed by atoms with van der Waals surface area (Å²) in [7, 11) is 1.93. The standard InChI is InChI=1S/C13H22N4S/c1-4-13(6-5-7-13)8-15-12-10(11(14)18)9(2)16-17(12)3/h15H,4-8H2,1-3H3,(H2,14,18). The molecule has 0 radical (unpaired) electrons. The molecule has 0 unspecified atom stereocenters. The third-order valence-corrected chi connectivity index (χ3v) is 4.47. The molecule has 4 nitrogen and oxygen atoms in total. The average molecular weight is 266 g/mol. The van der Waals surface area contributed by atoms with Crippen molar-refractivity contribution in [2.24, 2.45) is 18.2 Å². The molecule has 0 aromatic carbocycles. The van der Waals surface area contributed by atoms with Crippen molar-refractivity contribution < 1.29 is 0 Å². The molecule has 1 aromatic rings. The average Bonchev–Trinajstić information content (AvgIpc) is 2.52. The van der Waals surface area contributed by atoms with Gasteiger partial charge in [0.1, 0.15) is 10.8 Å². The fourth-order valence-corrected chi connectivity index (χ4v) is 3.00. The highest BCUT2D eigenvalue weighted by Crippen LogP contribution is 2.43. The second kappa shape index (κ2) is 4.88. The van der Waals surface area contributed by atoms with Crippen molar-refractivity contribution >= 4 is 23.0 Å². The van der Waals surface area contributed by atoms with E-state index < -0.39 is 0 Å². The van der Waals surface area contributed by atoms with Crippen LogP contribution in [-0.4, -0.2) is 21.3 Å². The van der Waals surface area contributed by atoms with Crippen LogP contribution >= 0.6 is 12.2 Å². The van der Waals surface area contributed by atoms with Crippen molar-refractivity contribution in [2.45, 2.75) is 39.5 Å². The number of aryl methyl sites for hydroxylation is 2. The van der Waals surface area contributed by atoms with Crippen molar-refractivity contribution in [3.8, 4) is 0 Å². The zero-order chi connectivity index (χ0) is 13.3. The Kier molecular flexibility index (Phi) is 3.61. The smallest absolute Gasteiger partial charge is 0.134 e. The Hall–Kier alpha value is -1.10. The molecule has 0 amide bonds. The van der Waals surface area contributed by atoms with Crippen LogP contribution in [0.1, 0.15) is 43.9 Å². The number of hydrogen-bond acceptors (Lipinski definition) is 3. The Balaban J connectivity index is 2.16. The van der Waals surface area contributed by atoms with Gasteiger partial charge in [0.15, 0.2) is 0 Å². The molecular weight excluding hydrogens is 244 g/mol. The van der Waals surface area contributed by atoms with E-state index in [0.29, 0.717) is 10.4 Å². The quantitative estimate of drug-likeness (QED) is 0.803. The van der Waals surface area contributed by atoms with Crippen LogP contribution in [0.5, 0.6) is 0 Å². The number of rotatable bonds is 5. The minimum absolute atomic E-state index is 0.419. The molecular formula is C13H22N4S. The van der Waals surface area contributed by atoms with Crippen LogP contribution in [0.3, 0.4) is 0 Å². The summed E-state index contributed by atoms with van der Waals surface area (Å²) in [6.45, 7) is 5.19. The van der Waals surface area contributed by atoms with Gasteiger partial charge in [0.25, 0.3) is 0 Å². The summed E-state index contributed by atoms with van der Waals surface area (Å²) in [5.74, 6) is 0.958. The number of hydrogen-bond donors (Lipinski definition) is 2. The maximum absolute atomic E-state index is 5.79. The minimum atomic E-state index is 0.419. The van der Waals surface area contributed by atoms with E-state index in [0.717, 1.165) is 23.6 Å². The lowest BCUT2D eigenvalue weighted by Crippen LogP contribution is -2.36. The van der Waals surface area contributed by atoms with Gasteiger partial charge in [-0.3, -0.25) is 4.68 Å². The summed E-state index contributed by atoms with van der Waals surface area (Å²) in [5.41, 5.74) is 8.03. The topological polar surface area (TPSA) is 55.9 Å². The highest BCUT2D eigenvalue weighted by molar-refractivity contribution is 7.80. The van der Waals surface area contributed by atoms with Crippen LogP contribution in [-0.2, 0) is 7.05 Å². The molecule has 3 N–H and O–H groups in total. The van der Waals surface area contributed by atoms with Gasteiger partial charge in [0.2, 0.25) is 0 Å². The summed E-state index contributed by atoms with van der Waals surface area (Å²) in [6.07, 6.45) is 5.20. The lowest BCUT2D eigenvalue weighted by atomic mass is 9.67. The third-order valence-electron chi connectivity index (χ3n) is 4.26. The van der Waals surface area contributed by atoms with Crippen molar-refractivity contribution in [1.82, 2.24) is 9.78 Å². The zero-order valence-electron chi connectivity index (χ0n) is 11.4. The molecule has 18 heavy (non-hydrogen) atoms. The van der Waals surface area contributed by atoms with Crippen molar-refractivity contribution in [3.05, 3.63) is 11.3 Å².